The fraction of sp³-hybridized carbons (Fsp3) is 0.481. The average molecular weight is 461 g/mol. The number of hydrogen-bond donors (Lipinski definition) is 0. The molecule has 7 heteroatoms. The molecule has 3 amide bonds. The number of hydrogen-bond acceptors (Lipinski definition) is 5. The fourth-order valence-corrected chi connectivity index (χ4v) is 5.22. The normalized spacial score (nSPS) is 20.0. The molecule has 2 aliphatic heterocycles. The lowest BCUT2D eigenvalue weighted by Gasteiger charge is -2.37. The molecule has 0 bridgehead atoms. The Balaban J connectivity index is 1.36. The van der Waals surface area contributed by atoms with Gasteiger partial charge < -0.3 is 9.80 Å². The van der Waals surface area contributed by atoms with Crippen LogP contribution >= 0.6 is 0 Å². The maximum atomic E-state index is 13.4. The predicted molar refractivity (Wildman–Crippen MR) is 129 cm³/mol. The van der Waals surface area contributed by atoms with Gasteiger partial charge in [-0.25, -0.2) is 0 Å². The third-order valence-corrected chi connectivity index (χ3v) is 7.16. The fourth-order valence-electron chi connectivity index (χ4n) is 5.22. The molecule has 3 heterocycles. The summed E-state index contributed by atoms with van der Waals surface area (Å²) in [6, 6.07) is 9.12. The van der Waals surface area contributed by atoms with Gasteiger partial charge in [-0.3, -0.25) is 24.3 Å². The number of aromatic nitrogens is 1. The third kappa shape index (κ3) is 4.43. The quantitative estimate of drug-likeness (QED) is 0.561. The lowest BCUT2D eigenvalue weighted by atomic mass is 9.94. The number of carbonyl (C=O) groups is 3. The van der Waals surface area contributed by atoms with Crippen molar-refractivity contribution in [2.45, 2.75) is 45.6 Å². The van der Waals surface area contributed by atoms with Crippen molar-refractivity contribution in [1.82, 2.24) is 14.8 Å². The lowest BCUT2D eigenvalue weighted by Crippen LogP contribution is -2.46. The van der Waals surface area contributed by atoms with Crippen LogP contribution in [-0.4, -0.2) is 58.7 Å². The number of carbonyl (C=O) groups excluding carboxylic acids is 3. The number of piperidine rings is 1. The highest BCUT2D eigenvalue weighted by Gasteiger charge is 2.40. The molecule has 1 saturated carbocycles. The molecule has 1 atom stereocenters. The Labute approximate surface area is 200 Å². The number of nitrogens with zero attached hydrogens (tertiary/aromatic N) is 4. The third-order valence-electron chi connectivity index (χ3n) is 7.16. The molecule has 1 saturated heterocycles. The summed E-state index contributed by atoms with van der Waals surface area (Å²) in [5.74, 6) is 0.314. The van der Waals surface area contributed by atoms with Crippen LogP contribution in [-0.2, 0) is 11.3 Å². The van der Waals surface area contributed by atoms with E-state index in [4.69, 9.17) is 0 Å². The first-order valence-corrected chi connectivity index (χ1v) is 12.5. The van der Waals surface area contributed by atoms with E-state index in [1.165, 1.54) is 17.7 Å². The molecule has 5 rings (SSSR count). The summed E-state index contributed by atoms with van der Waals surface area (Å²) in [6.07, 6.45) is 8.51. The van der Waals surface area contributed by atoms with Gasteiger partial charge in [0.1, 0.15) is 0 Å². The second-order valence-corrected chi connectivity index (χ2v) is 9.76. The average Bonchev–Trinajstić information content (AvgIpc) is 3.66. The monoisotopic (exact) mass is 460 g/mol. The first-order chi connectivity index (χ1) is 16.6. The molecule has 1 aliphatic carbocycles. The summed E-state index contributed by atoms with van der Waals surface area (Å²) < 4.78 is 0. The van der Waals surface area contributed by atoms with Gasteiger partial charge in [0, 0.05) is 38.6 Å². The number of amides is 3. The van der Waals surface area contributed by atoms with Gasteiger partial charge >= 0.3 is 0 Å². The van der Waals surface area contributed by atoms with Crippen LogP contribution in [0.15, 0.2) is 42.7 Å². The Hall–Kier alpha value is -3.22. The second-order valence-electron chi connectivity index (χ2n) is 9.76. The number of benzene rings is 1. The molecule has 0 radical (unpaired) electrons. The Bertz CT molecular complexity index is 1080. The Morgan fingerprint density at radius 3 is 2.62 bits per heavy atom. The summed E-state index contributed by atoms with van der Waals surface area (Å²) in [6.45, 7) is 5.40. The van der Waals surface area contributed by atoms with Crippen LogP contribution in [0.25, 0.3) is 0 Å². The van der Waals surface area contributed by atoms with Gasteiger partial charge in [-0.05, 0) is 67.9 Å². The van der Waals surface area contributed by atoms with E-state index in [1.807, 2.05) is 24.3 Å². The molecular formula is C27H32N4O3. The number of rotatable bonds is 8. The molecule has 0 N–H and O–H groups in total. The number of pyridine rings is 1. The standard InChI is InChI=1S/C27H32N4O3/c1-2-14-30(16-19-8-9-19)25(32)21-5-4-15-29(18-21)23-7-3-6-22-24(23)27(34)31(26(22)33)17-20-10-12-28-13-11-20/h3,6-7,10-13,19,21H,2,4-5,8-9,14-18H2,1H3/t21-/m0/s1. The highest BCUT2D eigenvalue weighted by atomic mass is 16.2. The van der Waals surface area contributed by atoms with Crippen LogP contribution < -0.4 is 4.90 Å². The van der Waals surface area contributed by atoms with Crippen molar-refractivity contribution in [2.24, 2.45) is 11.8 Å². The van der Waals surface area contributed by atoms with Crippen LogP contribution in [0.5, 0.6) is 0 Å². The van der Waals surface area contributed by atoms with E-state index >= 15 is 0 Å². The topological polar surface area (TPSA) is 73.8 Å². The summed E-state index contributed by atoms with van der Waals surface area (Å²) in [4.78, 5) is 49.4. The zero-order chi connectivity index (χ0) is 23.7. The molecule has 7 nitrogen and oxygen atoms in total. The van der Waals surface area contributed by atoms with Crippen molar-refractivity contribution in [3.63, 3.8) is 0 Å². The first kappa shape index (κ1) is 22.6. The second kappa shape index (κ2) is 9.57. The van der Waals surface area contributed by atoms with Gasteiger partial charge in [0.05, 0.1) is 29.3 Å². The highest BCUT2D eigenvalue weighted by Crippen LogP contribution is 2.35. The van der Waals surface area contributed by atoms with E-state index in [-0.39, 0.29) is 30.2 Å². The van der Waals surface area contributed by atoms with E-state index in [2.05, 4.69) is 21.7 Å². The minimum atomic E-state index is -0.262. The van der Waals surface area contributed by atoms with Gasteiger partial charge in [-0.1, -0.05) is 13.0 Å². The molecule has 1 aromatic carbocycles. The Morgan fingerprint density at radius 1 is 1.09 bits per heavy atom. The van der Waals surface area contributed by atoms with Gasteiger partial charge in [0.25, 0.3) is 11.8 Å². The van der Waals surface area contributed by atoms with Gasteiger partial charge in [0.15, 0.2) is 0 Å². The maximum Gasteiger partial charge on any atom is 0.263 e. The van der Waals surface area contributed by atoms with E-state index in [1.54, 1.807) is 18.5 Å². The van der Waals surface area contributed by atoms with Crippen molar-refractivity contribution < 1.29 is 14.4 Å². The molecule has 34 heavy (non-hydrogen) atoms. The van der Waals surface area contributed by atoms with Crippen LogP contribution in [0.1, 0.15) is 65.3 Å². The van der Waals surface area contributed by atoms with Crippen LogP contribution in [0.4, 0.5) is 5.69 Å². The molecule has 0 unspecified atom stereocenters. The van der Waals surface area contributed by atoms with Crippen molar-refractivity contribution >= 4 is 23.4 Å². The summed E-state index contributed by atoms with van der Waals surface area (Å²) >= 11 is 0. The molecule has 178 valence electrons. The summed E-state index contributed by atoms with van der Waals surface area (Å²) in [5, 5.41) is 0. The predicted octanol–water partition coefficient (Wildman–Crippen LogP) is 3.74. The summed E-state index contributed by atoms with van der Waals surface area (Å²) in [7, 11) is 0. The minimum Gasteiger partial charge on any atom is -0.370 e. The van der Waals surface area contributed by atoms with Crippen LogP contribution in [0.2, 0.25) is 0 Å². The lowest BCUT2D eigenvalue weighted by molar-refractivity contribution is -0.136. The van der Waals surface area contributed by atoms with E-state index in [9.17, 15) is 14.4 Å². The van der Waals surface area contributed by atoms with Gasteiger partial charge in [0.2, 0.25) is 5.91 Å². The first-order valence-electron chi connectivity index (χ1n) is 12.5. The largest absolute Gasteiger partial charge is 0.370 e. The molecule has 1 aromatic heterocycles. The minimum absolute atomic E-state index is 0.0740. The molecule has 3 aliphatic rings. The van der Waals surface area contributed by atoms with Crippen molar-refractivity contribution in [3.8, 4) is 0 Å². The van der Waals surface area contributed by atoms with E-state index in [0.29, 0.717) is 23.6 Å². The molecule has 0 spiro atoms. The summed E-state index contributed by atoms with van der Waals surface area (Å²) in [5.41, 5.74) is 2.56. The van der Waals surface area contributed by atoms with Crippen molar-refractivity contribution in [2.75, 3.05) is 31.1 Å². The smallest absolute Gasteiger partial charge is 0.263 e. The zero-order valence-electron chi connectivity index (χ0n) is 19.8. The van der Waals surface area contributed by atoms with E-state index < -0.39 is 0 Å². The van der Waals surface area contributed by atoms with E-state index in [0.717, 1.165) is 50.1 Å². The molecular weight excluding hydrogens is 428 g/mol. The van der Waals surface area contributed by atoms with Crippen LogP contribution in [0.3, 0.4) is 0 Å². The highest BCUT2D eigenvalue weighted by molar-refractivity contribution is 6.23. The Kier molecular flexibility index (Phi) is 6.35. The molecule has 2 fully saturated rings. The number of imide groups is 1. The maximum absolute atomic E-state index is 13.4. The van der Waals surface area contributed by atoms with Crippen molar-refractivity contribution in [3.05, 3.63) is 59.4 Å². The SMILES string of the molecule is CCCN(CC1CC1)C(=O)[C@H]1CCCN(c2cccc3c2C(=O)N(Cc2ccncc2)C3=O)C1. The van der Waals surface area contributed by atoms with Gasteiger partial charge in [-0.2, -0.15) is 0 Å². The van der Waals surface area contributed by atoms with Gasteiger partial charge in [-0.15, -0.1) is 0 Å². The van der Waals surface area contributed by atoms with Crippen molar-refractivity contribution in [1.29, 1.82) is 0 Å². The number of anilines is 1. The Morgan fingerprint density at radius 2 is 1.88 bits per heavy atom. The molecule has 2 aromatic rings. The number of fused-ring (bicyclic) bond motifs is 1. The van der Waals surface area contributed by atoms with Crippen LogP contribution in [0, 0.1) is 11.8 Å². The zero-order valence-corrected chi connectivity index (χ0v) is 19.8.